The van der Waals surface area contributed by atoms with E-state index in [1.54, 1.807) is 6.07 Å². The van der Waals surface area contributed by atoms with Gasteiger partial charge in [-0.3, -0.25) is 9.78 Å². The molecule has 0 bridgehead atoms. The summed E-state index contributed by atoms with van der Waals surface area (Å²) in [5.74, 6) is 0.307. The number of amides is 1. The van der Waals surface area contributed by atoms with E-state index in [-0.39, 0.29) is 17.7 Å². The van der Waals surface area contributed by atoms with Gasteiger partial charge < -0.3 is 14.8 Å². The van der Waals surface area contributed by atoms with Crippen LogP contribution in [0, 0.1) is 0 Å². The molecule has 1 saturated heterocycles. The molecule has 3 rings (SSSR count). The number of carbonyl (C=O) groups is 1. The second-order valence-corrected chi connectivity index (χ2v) is 5.34. The van der Waals surface area contributed by atoms with E-state index in [4.69, 9.17) is 9.47 Å². The molecule has 0 saturated carbocycles. The first-order valence-corrected chi connectivity index (χ1v) is 7.74. The second kappa shape index (κ2) is 7.69. The minimum atomic E-state index is -0.317. The van der Waals surface area contributed by atoms with E-state index in [1.165, 1.54) is 25.0 Å². The summed E-state index contributed by atoms with van der Waals surface area (Å²) in [5, 5.41) is 2.81. The van der Waals surface area contributed by atoms with Gasteiger partial charge in [-0.05, 0) is 31.4 Å². The molecule has 0 aliphatic carbocycles. The standard InChI is InChI=1S/C17H19N3O3/c21-17(15-11-18-8-9-19-15)20-14-6-1-2-7-16(14)23-12-13-5-3-4-10-22-13/h1-2,6-9,11,13H,3-5,10,12H2,(H,20,21). The molecule has 1 aliphatic heterocycles. The van der Waals surface area contributed by atoms with Crippen molar-refractivity contribution >= 4 is 11.6 Å². The summed E-state index contributed by atoms with van der Waals surface area (Å²) in [6.45, 7) is 1.27. The Hall–Kier alpha value is -2.47. The van der Waals surface area contributed by atoms with Crippen molar-refractivity contribution in [2.24, 2.45) is 0 Å². The van der Waals surface area contributed by atoms with Gasteiger partial charge in [-0.2, -0.15) is 0 Å². The Balaban J connectivity index is 1.64. The zero-order valence-corrected chi connectivity index (χ0v) is 12.8. The van der Waals surface area contributed by atoms with E-state index < -0.39 is 0 Å². The van der Waals surface area contributed by atoms with Crippen molar-refractivity contribution in [3.63, 3.8) is 0 Å². The first kappa shape index (κ1) is 15.4. The van der Waals surface area contributed by atoms with Crippen LogP contribution < -0.4 is 10.1 Å². The van der Waals surface area contributed by atoms with E-state index in [2.05, 4.69) is 15.3 Å². The molecule has 23 heavy (non-hydrogen) atoms. The third kappa shape index (κ3) is 4.26. The SMILES string of the molecule is O=C(Nc1ccccc1OCC1CCCCO1)c1cnccn1. The summed E-state index contributed by atoms with van der Waals surface area (Å²) in [7, 11) is 0. The number of anilines is 1. The highest BCUT2D eigenvalue weighted by atomic mass is 16.5. The Morgan fingerprint density at radius 1 is 1.30 bits per heavy atom. The van der Waals surface area contributed by atoms with Gasteiger partial charge in [0, 0.05) is 19.0 Å². The average Bonchev–Trinajstić information content (AvgIpc) is 2.62. The molecule has 2 aromatic rings. The zero-order chi connectivity index (χ0) is 15.9. The number of hydrogen-bond acceptors (Lipinski definition) is 5. The molecular formula is C17H19N3O3. The first-order chi connectivity index (χ1) is 11.3. The summed E-state index contributed by atoms with van der Waals surface area (Å²) >= 11 is 0. The molecule has 2 heterocycles. The number of rotatable bonds is 5. The molecule has 0 spiro atoms. The summed E-state index contributed by atoms with van der Waals surface area (Å²) in [6.07, 6.45) is 7.84. The second-order valence-electron chi connectivity index (χ2n) is 5.34. The number of aromatic nitrogens is 2. The lowest BCUT2D eigenvalue weighted by atomic mass is 10.1. The van der Waals surface area contributed by atoms with Gasteiger partial charge in [0.05, 0.1) is 18.0 Å². The molecule has 0 radical (unpaired) electrons. The van der Waals surface area contributed by atoms with Crippen molar-refractivity contribution < 1.29 is 14.3 Å². The zero-order valence-electron chi connectivity index (χ0n) is 12.8. The van der Waals surface area contributed by atoms with Gasteiger partial charge in [0.2, 0.25) is 0 Å². The minimum Gasteiger partial charge on any atom is -0.489 e. The van der Waals surface area contributed by atoms with Crippen LogP contribution in [-0.2, 0) is 4.74 Å². The van der Waals surface area contributed by atoms with Crippen LogP contribution >= 0.6 is 0 Å². The maximum absolute atomic E-state index is 12.2. The lowest BCUT2D eigenvalue weighted by Crippen LogP contribution is -2.26. The van der Waals surface area contributed by atoms with Gasteiger partial charge >= 0.3 is 0 Å². The van der Waals surface area contributed by atoms with E-state index >= 15 is 0 Å². The Kier molecular flexibility index (Phi) is 5.16. The fourth-order valence-corrected chi connectivity index (χ4v) is 2.42. The number of carbonyl (C=O) groups excluding carboxylic acids is 1. The van der Waals surface area contributed by atoms with Gasteiger partial charge in [-0.15, -0.1) is 0 Å². The normalized spacial score (nSPS) is 17.5. The Morgan fingerprint density at radius 2 is 2.22 bits per heavy atom. The van der Waals surface area contributed by atoms with Crippen LogP contribution in [0.4, 0.5) is 5.69 Å². The van der Waals surface area contributed by atoms with E-state index in [0.717, 1.165) is 19.4 Å². The minimum absolute atomic E-state index is 0.118. The largest absolute Gasteiger partial charge is 0.489 e. The lowest BCUT2D eigenvalue weighted by Gasteiger charge is -2.23. The van der Waals surface area contributed by atoms with E-state index in [9.17, 15) is 4.79 Å². The fourth-order valence-electron chi connectivity index (χ4n) is 2.42. The van der Waals surface area contributed by atoms with Crippen LogP contribution in [0.15, 0.2) is 42.9 Å². The monoisotopic (exact) mass is 313 g/mol. The number of benzene rings is 1. The van der Waals surface area contributed by atoms with E-state index in [1.807, 2.05) is 18.2 Å². The predicted molar refractivity (Wildman–Crippen MR) is 85.5 cm³/mol. The maximum Gasteiger partial charge on any atom is 0.275 e. The van der Waals surface area contributed by atoms with Crippen molar-refractivity contribution in [3.8, 4) is 5.75 Å². The molecular weight excluding hydrogens is 294 g/mol. The first-order valence-electron chi connectivity index (χ1n) is 7.74. The van der Waals surface area contributed by atoms with Crippen LogP contribution in [0.3, 0.4) is 0 Å². The molecule has 120 valence electrons. The van der Waals surface area contributed by atoms with Crippen LogP contribution in [0.1, 0.15) is 29.8 Å². The number of ether oxygens (including phenoxy) is 2. The highest BCUT2D eigenvalue weighted by Gasteiger charge is 2.16. The average molecular weight is 313 g/mol. The summed E-state index contributed by atoms with van der Waals surface area (Å²) in [6, 6.07) is 7.34. The summed E-state index contributed by atoms with van der Waals surface area (Å²) in [5.41, 5.74) is 0.872. The smallest absolute Gasteiger partial charge is 0.275 e. The molecule has 6 nitrogen and oxygen atoms in total. The van der Waals surface area contributed by atoms with Crippen LogP contribution in [0.2, 0.25) is 0 Å². The number of hydrogen-bond donors (Lipinski definition) is 1. The molecule has 1 fully saturated rings. The highest BCUT2D eigenvalue weighted by molar-refractivity contribution is 6.03. The topological polar surface area (TPSA) is 73.3 Å². The third-order valence-corrected chi connectivity index (χ3v) is 3.63. The van der Waals surface area contributed by atoms with Crippen molar-refractivity contribution in [3.05, 3.63) is 48.5 Å². The van der Waals surface area contributed by atoms with Crippen LogP contribution in [-0.4, -0.2) is 35.2 Å². The third-order valence-electron chi connectivity index (χ3n) is 3.63. The molecule has 1 unspecified atom stereocenters. The lowest BCUT2D eigenvalue weighted by molar-refractivity contribution is -0.0109. The molecule has 1 aliphatic rings. The Labute approximate surface area is 134 Å². The van der Waals surface area contributed by atoms with Gasteiger partial charge in [0.25, 0.3) is 5.91 Å². The number of para-hydroxylation sites is 2. The van der Waals surface area contributed by atoms with Gasteiger partial charge in [-0.25, -0.2) is 4.98 Å². The quantitative estimate of drug-likeness (QED) is 0.918. The molecule has 1 amide bonds. The highest BCUT2D eigenvalue weighted by Crippen LogP contribution is 2.25. The Morgan fingerprint density at radius 3 is 3.00 bits per heavy atom. The van der Waals surface area contributed by atoms with Crippen LogP contribution in [0.5, 0.6) is 5.75 Å². The van der Waals surface area contributed by atoms with Crippen molar-refractivity contribution in [2.45, 2.75) is 25.4 Å². The predicted octanol–water partition coefficient (Wildman–Crippen LogP) is 2.68. The van der Waals surface area contributed by atoms with Gasteiger partial charge in [0.1, 0.15) is 18.1 Å². The van der Waals surface area contributed by atoms with E-state index in [0.29, 0.717) is 18.0 Å². The maximum atomic E-state index is 12.2. The molecule has 1 atom stereocenters. The molecule has 1 aromatic carbocycles. The molecule has 1 aromatic heterocycles. The van der Waals surface area contributed by atoms with Crippen LogP contribution in [0.25, 0.3) is 0 Å². The van der Waals surface area contributed by atoms with Gasteiger partial charge in [0.15, 0.2) is 0 Å². The molecule has 1 N–H and O–H groups in total. The Bertz CT molecular complexity index is 643. The van der Waals surface area contributed by atoms with Gasteiger partial charge in [-0.1, -0.05) is 12.1 Å². The summed E-state index contributed by atoms with van der Waals surface area (Å²) < 4.78 is 11.5. The number of nitrogens with one attached hydrogen (secondary N) is 1. The summed E-state index contributed by atoms with van der Waals surface area (Å²) in [4.78, 5) is 20.1. The van der Waals surface area contributed by atoms with Crippen molar-refractivity contribution in [1.82, 2.24) is 9.97 Å². The number of nitrogens with zero attached hydrogens (tertiary/aromatic N) is 2. The fraction of sp³-hybridized carbons (Fsp3) is 0.353. The van der Waals surface area contributed by atoms with Crippen molar-refractivity contribution in [2.75, 3.05) is 18.5 Å². The molecule has 6 heteroatoms. The van der Waals surface area contributed by atoms with Crippen molar-refractivity contribution in [1.29, 1.82) is 0 Å².